The Bertz CT molecular complexity index is 815. The molecule has 0 aliphatic rings. The molecule has 0 bridgehead atoms. The fourth-order valence-electron chi connectivity index (χ4n) is 2.00. The van der Waals surface area contributed by atoms with Gasteiger partial charge in [0.1, 0.15) is 22.8 Å². The molecule has 0 amide bonds. The molecular weight excluding hydrogens is 270 g/mol. The van der Waals surface area contributed by atoms with E-state index in [1.165, 1.54) is 0 Å². The number of aromatic hydroxyl groups is 1. The number of rotatable bonds is 3. The van der Waals surface area contributed by atoms with Gasteiger partial charge < -0.3 is 14.9 Å². The monoisotopic (exact) mass is 281 g/mol. The first-order valence-electron chi connectivity index (χ1n) is 6.23. The number of benzene rings is 2. The van der Waals surface area contributed by atoms with Gasteiger partial charge in [-0.1, -0.05) is 18.2 Å². The second-order valence-electron chi connectivity index (χ2n) is 4.42. The maximum absolute atomic E-state index is 10.9. The highest BCUT2D eigenvalue weighted by Gasteiger charge is 2.14. The van der Waals surface area contributed by atoms with Crippen molar-refractivity contribution in [3.8, 4) is 17.2 Å². The molecule has 0 atom stereocenters. The number of carboxylic acids is 1. The van der Waals surface area contributed by atoms with Gasteiger partial charge in [0.05, 0.1) is 5.52 Å². The van der Waals surface area contributed by atoms with Crippen LogP contribution in [-0.2, 0) is 0 Å². The van der Waals surface area contributed by atoms with Crippen molar-refractivity contribution in [2.24, 2.45) is 0 Å². The molecule has 104 valence electrons. The van der Waals surface area contributed by atoms with Gasteiger partial charge in [-0.3, -0.25) is 4.98 Å². The van der Waals surface area contributed by atoms with E-state index >= 15 is 0 Å². The molecule has 3 rings (SSSR count). The summed E-state index contributed by atoms with van der Waals surface area (Å²) in [4.78, 5) is 15.0. The summed E-state index contributed by atoms with van der Waals surface area (Å²) in [5, 5.41) is 19.3. The third-order valence-corrected chi connectivity index (χ3v) is 3.02. The molecule has 3 aromatic rings. The van der Waals surface area contributed by atoms with Crippen LogP contribution in [0.15, 0.2) is 54.7 Å². The number of aromatic carboxylic acids is 1. The third kappa shape index (κ3) is 2.49. The summed E-state index contributed by atoms with van der Waals surface area (Å²) in [6, 6.07) is 14.1. The van der Waals surface area contributed by atoms with Gasteiger partial charge >= 0.3 is 5.97 Å². The normalized spacial score (nSPS) is 10.5. The van der Waals surface area contributed by atoms with Crippen molar-refractivity contribution in [2.45, 2.75) is 0 Å². The molecule has 1 aromatic heterocycles. The number of ether oxygens (including phenoxy) is 1. The van der Waals surface area contributed by atoms with Crippen LogP contribution < -0.4 is 4.74 Å². The minimum atomic E-state index is -1.22. The van der Waals surface area contributed by atoms with E-state index in [0.29, 0.717) is 22.4 Å². The van der Waals surface area contributed by atoms with Crippen molar-refractivity contribution in [1.82, 2.24) is 4.98 Å². The smallest absolute Gasteiger partial charge is 0.341 e. The molecule has 0 saturated carbocycles. The van der Waals surface area contributed by atoms with Gasteiger partial charge in [-0.15, -0.1) is 0 Å². The number of hydrogen-bond acceptors (Lipinski definition) is 4. The molecule has 0 radical (unpaired) electrons. The van der Waals surface area contributed by atoms with Crippen molar-refractivity contribution in [3.63, 3.8) is 0 Å². The molecule has 0 saturated heterocycles. The maximum Gasteiger partial charge on any atom is 0.341 e. The van der Waals surface area contributed by atoms with Crippen molar-refractivity contribution in [1.29, 1.82) is 0 Å². The van der Waals surface area contributed by atoms with Gasteiger partial charge in [0, 0.05) is 17.6 Å². The maximum atomic E-state index is 10.9. The summed E-state index contributed by atoms with van der Waals surface area (Å²) in [5.74, 6) is -0.267. The van der Waals surface area contributed by atoms with Crippen molar-refractivity contribution in [2.75, 3.05) is 0 Å². The van der Waals surface area contributed by atoms with E-state index in [2.05, 4.69) is 4.98 Å². The van der Waals surface area contributed by atoms with Crippen LogP contribution >= 0.6 is 0 Å². The average Bonchev–Trinajstić information content (AvgIpc) is 2.48. The van der Waals surface area contributed by atoms with Crippen LogP contribution in [0.2, 0.25) is 0 Å². The number of para-hydroxylation sites is 1. The number of carbonyl (C=O) groups is 1. The average molecular weight is 281 g/mol. The third-order valence-electron chi connectivity index (χ3n) is 3.02. The molecule has 0 spiro atoms. The Balaban J connectivity index is 2.02. The zero-order valence-corrected chi connectivity index (χ0v) is 10.9. The Morgan fingerprint density at radius 2 is 1.81 bits per heavy atom. The second kappa shape index (κ2) is 5.13. The van der Waals surface area contributed by atoms with E-state index in [1.807, 2.05) is 30.3 Å². The molecule has 5 nitrogen and oxygen atoms in total. The van der Waals surface area contributed by atoms with Crippen molar-refractivity contribution in [3.05, 3.63) is 60.3 Å². The minimum Gasteiger partial charge on any atom is -0.506 e. The SMILES string of the molecule is O=C(O)c1cnc2cc(Oc3ccccc3)ccc2c1O. The van der Waals surface area contributed by atoms with E-state index in [0.717, 1.165) is 6.20 Å². The number of pyridine rings is 1. The van der Waals surface area contributed by atoms with Gasteiger partial charge in [0.15, 0.2) is 0 Å². The molecule has 5 heteroatoms. The lowest BCUT2D eigenvalue weighted by Crippen LogP contribution is -1.98. The summed E-state index contributed by atoms with van der Waals surface area (Å²) in [5.41, 5.74) is 0.241. The number of carboxylic acid groups (broad SMARTS) is 1. The fourth-order valence-corrected chi connectivity index (χ4v) is 2.00. The number of nitrogens with zero attached hydrogens (tertiary/aromatic N) is 1. The Hall–Kier alpha value is -3.08. The van der Waals surface area contributed by atoms with Crippen LogP contribution in [0.4, 0.5) is 0 Å². The fraction of sp³-hybridized carbons (Fsp3) is 0. The highest BCUT2D eigenvalue weighted by Crippen LogP contribution is 2.31. The van der Waals surface area contributed by atoms with Crippen LogP contribution in [0, 0.1) is 0 Å². The van der Waals surface area contributed by atoms with Crippen LogP contribution in [0.1, 0.15) is 10.4 Å². The summed E-state index contributed by atoms with van der Waals surface area (Å²) < 4.78 is 5.67. The predicted octanol–water partition coefficient (Wildman–Crippen LogP) is 3.43. The van der Waals surface area contributed by atoms with Gasteiger partial charge in [0.2, 0.25) is 0 Å². The largest absolute Gasteiger partial charge is 0.506 e. The molecule has 0 fully saturated rings. The highest BCUT2D eigenvalue weighted by molar-refractivity contribution is 5.98. The van der Waals surface area contributed by atoms with E-state index in [4.69, 9.17) is 9.84 Å². The zero-order chi connectivity index (χ0) is 14.8. The van der Waals surface area contributed by atoms with E-state index in [9.17, 15) is 9.90 Å². The quantitative estimate of drug-likeness (QED) is 0.768. The molecule has 0 aliphatic carbocycles. The lowest BCUT2D eigenvalue weighted by atomic mass is 10.1. The molecule has 1 heterocycles. The zero-order valence-electron chi connectivity index (χ0n) is 10.9. The Labute approximate surface area is 120 Å². The Morgan fingerprint density at radius 1 is 1.05 bits per heavy atom. The number of fused-ring (bicyclic) bond motifs is 1. The molecular formula is C16H11NO4. The molecule has 0 unspecified atom stereocenters. The first-order valence-corrected chi connectivity index (χ1v) is 6.23. The molecule has 2 aromatic carbocycles. The van der Waals surface area contributed by atoms with E-state index < -0.39 is 5.97 Å². The Morgan fingerprint density at radius 3 is 2.52 bits per heavy atom. The molecule has 0 aliphatic heterocycles. The minimum absolute atomic E-state index is 0.223. The van der Waals surface area contributed by atoms with Gasteiger partial charge in [-0.2, -0.15) is 0 Å². The summed E-state index contributed by atoms with van der Waals surface area (Å²) in [6.07, 6.45) is 1.13. The van der Waals surface area contributed by atoms with Crippen molar-refractivity contribution >= 4 is 16.9 Å². The summed E-state index contributed by atoms with van der Waals surface area (Å²) in [7, 11) is 0. The molecule has 2 N–H and O–H groups in total. The van der Waals surface area contributed by atoms with Crippen LogP contribution in [-0.4, -0.2) is 21.2 Å². The van der Waals surface area contributed by atoms with Gasteiger partial charge in [-0.25, -0.2) is 4.79 Å². The van der Waals surface area contributed by atoms with Crippen LogP contribution in [0.5, 0.6) is 17.2 Å². The summed E-state index contributed by atoms with van der Waals surface area (Å²) in [6.45, 7) is 0. The predicted molar refractivity (Wildman–Crippen MR) is 76.9 cm³/mol. The van der Waals surface area contributed by atoms with Crippen molar-refractivity contribution < 1.29 is 19.7 Å². The number of aromatic nitrogens is 1. The van der Waals surface area contributed by atoms with E-state index in [1.54, 1.807) is 18.2 Å². The standard InChI is InChI=1S/C16H11NO4/c18-15-12-7-6-11(21-10-4-2-1-3-5-10)8-14(12)17-9-13(15)16(19)20/h1-9H,(H,17,18)(H,19,20). The Kier molecular flexibility index (Phi) is 3.16. The van der Waals surface area contributed by atoms with Crippen LogP contribution in [0.25, 0.3) is 10.9 Å². The first-order chi connectivity index (χ1) is 10.1. The first kappa shape index (κ1) is 12.9. The number of hydrogen-bond donors (Lipinski definition) is 2. The van der Waals surface area contributed by atoms with Crippen LogP contribution in [0.3, 0.4) is 0 Å². The van der Waals surface area contributed by atoms with Gasteiger partial charge in [-0.05, 0) is 24.3 Å². The topological polar surface area (TPSA) is 79.7 Å². The van der Waals surface area contributed by atoms with E-state index in [-0.39, 0.29) is 11.3 Å². The lowest BCUT2D eigenvalue weighted by Gasteiger charge is -2.08. The summed E-state index contributed by atoms with van der Waals surface area (Å²) >= 11 is 0. The lowest BCUT2D eigenvalue weighted by molar-refractivity contribution is 0.0693. The highest BCUT2D eigenvalue weighted by atomic mass is 16.5. The second-order valence-corrected chi connectivity index (χ2v) is 4.42. The van der Waals surface area contributed by atoms with Gasteiger partial charge in [0.25, 0.3) is 0 Å². The molecule has 21 heavy (non-hydrogen) atoms.